The zero-order chi connectivity index (χ0) is 20.9. The molecule has 4 heterocycles. The van der Waals surface area contributed by atoms with Crippen LogP contribution in [0.4, 0.5) is 5.69 Å². The summed E-state index contributed by atoms with van der Waals surface area (Å²) in [5, 5.41) is 3.70. The number of nitrogens with zero attached hydrogens (tertiary/aromatic N) is 1. The van der Waals surface area contributed by atoms with E-state index in [0.29, 0.717) is 6.42 Å². The Morgan fingerprint density at radius 2 is 2.17 bits per heavy atom. The number of hydrogen-bond acceptors (Lipinski definition) is 7. The minimum absolute atomic E-state index is 0.0163. The number of benzene rings is 1. The average molecular weight is 410 g/mol. The van der Waals surface area contributed by atoms with Gasteiger partial charge in [-0.05, 0) is 25.0 Å². The molecule has 6 atom stereocenters. The predicted molar refractivity (Wildman–Crippen MR) is 107 cm³/mol. The summed E-state index contributed by atoms with van der Waals surface area (Å²) >= 11 is 0. The van der Waals surface area contributed by atoms with Gasteiger partial charge < -0.3 is 19.5 Å². The second kappa shape index (κ2) is 5.65. The normalized spacial score (nSPS) is 43.3. The molecule has 4 bridgehead atoms. The number of methoxy groups -OCH3 is 1. The third-order valence-corrected chi connectivity index (χ3v) is 8.44. The van der Waals surface area contributed by atoms with Crippen LogP contribution in [0.1, 0.15) is 32.3 Å². The molecule has 6 rings (SSSR count). The lowest BCUT2D eigenvalue weighted by Gasteiger charge is -2.64. The van der Waals surface area contributed by atoms with Gasteiger partial charge in [-0.2, -0.15) is 0 Å². The molecule has 1 aromatic carbocycles. The minimum Gasteiger partial charge on any atom is -0.468 e. The third kappa shape index (κ3) is 1.70. The van der Waals surface area contributed by atoms with Crippen molar-refractivity contribution in [1.29, 1.82) is 0 Å². The van der Waals surface area contributed by atoms with Gasteiger partial charge in [0.15, 0.2) is 5.72 Å². The Bertz CT molecular complexity index is 1010. The summed E-state index contributed by atoms with van der Waals surface area (Å²) in [7, 11) is 1.43. The van der Waals surface area contributed by atoms with Crippen LogP contribution in [0.15, 0.2) is 35.9 Å². The van der Waals surface area contributed by atoms with Gasteiger partial charge in [-0.15, -0.1) is 0 Å². The first kappa shape index (κ1) is 18.4. The Morgan fingerprint density at radius 3 is 2.90 bits per heavy atom. The van der Waals surface area contributed by atoms with E-state index in [9.17, 15) is 9.59 Å². The molecule has 1 saturated carbocycles. The van der Waals surface area contributed by atoms with Crippen molar-refractivity contribution in [2.24, 2.45) is 11.3 Å². The Labute approximate surface area is 175 Å². The number of carbonyl (C=O) groups excluding carboxylic acids is 2. The topological polar surface area (TPSA) is 77.1 Å². The molecule has 1 spiro atoms. The number of piperidine rings is 2. The largest absolute Gasteiger partial charge is 0.468 e. The first-order chi connectivity index (χ1) is 14.4. The highest BCUT2D eigenvalue weighted by Crippen LogP contribution is 2.76. The fourth-order valence-corrected chi connectivity index (χ4v) is 7.51. The molecule has 0 amide bonds. The maximum absolute atomic E-state index is 13.8. The van der Waals surface area contributed by atoms with E-state index in [1.165, 1.54) is 19.6 Å². The van der Waals surface area contributed by atoms with Gasteiger partial charge in [-0.3, -0.25) is 14.5 Å². The predicted octanol–water partition coefficient (Wildman–Crippen LogP) is 2.18. The second-order valence-electron chi connectivity index (χ2n) is 9.17. The SMILES string of the molecule is C/C=C1\CN2[C@@H]3C[C@@]45c6ccccc6N[C@]4(O3)[C@@H]2C[C@H]1C5(COC(C)=O)C(=O)OC. The zero-order valence-corrected chi connectivity index (χ0v) is 17.4. The molecule has 7 heteroatoms. The number of fused-ring (bicyclic) bond motifs is 4. The highest BCUT2D eigenvalue weighted by atomic mass is 16.6. The van der Waals surface area contributed by atoms with Crippen LogP contribution in [0, 0.1) is 11.3 Å². The molecule has 1 aromatic rings. The van der Waals surface area contributed by atoms with Crippen molar-refractivity contribution in [3.63, 3.8) is 0 Å². The standard InChI is InChI=1S/C23H26N2O5/c1-4-14-11-25-18-9-16(14)21(20(27)28-3,12-29-13(2)26)22-10-19(25)30-23(18,22)24-17-8-6-5-7-15(17)22/h4-8,16,18-19,24H,9-12H2,1-3H3/b14-4+/t16-,18+,19+,21?,22+,23+/m1/s1. The molecular weight excluding hydrogens is 384 g/mol. The van der Waals surface area contributed by atoms with E-state index in [2.05, 4.69) is 22.4 Å². The lowest BCUT2D eigenvalue weighted by atomic mass is 9.42. The number of carbonyl (C=O) groups is 2. The molecule has 4 aliphatic heterocycles. The summed E-state index contributed by atoms with van der Waals surface area (Å²) < 4.78 is 17.9. The average Bonchev–Trinajstić information content (AvgIpc) is 3.35. The van der Waals surface area contributed by atoms with Gasteiger partial charge in [0.2, 0.25) is 0 Å². The number of rotatable bonds is 3. The molecular formula is C23H26N2O5. The summed E-state index contributed by atoms with van der Waals surface area (Å²) in [4.78, 5) is 28.2. The Balaban J connectivity index is 1.69. The smallest absolute Gasteiger partial charge is 0.317 e. The molecule has 0 aromatic heterocycles. The van der Waals surface area contributed by atoms with Crippen LogP contribution in [-0.4, -0.2) is 55.1 Å². The van der Waals surface area contributed by atoms with Gasteiger partial charge >= 0.3 is 11.9 Å². The van der Waals surface area contributed by atoms with Crippen LogP contribution in [-0.2, 0) is 29.2 Å². The number of ether oxygens (including phenoxy) is 3. The molecule has 1 aliphatic carbocycles. The molecule has 158 valence electrons. The Morgan fingerprint density at radius 1 is 1.37 bits per heavy atom. The molecule has 7 nitrogen and oxygen atoms in total. The van der Waals surface area contributed by atoms with E-state index >= 15 is 0 Å². The number of para-hydroxylation sites is 1. The van der Waals surface area contributed by atoms with Gasteiger partial charge in [0.05, 0.1) is 18.6 Å². The third-order valence-electron chi connectivity index (χ3n) is 8.44. The molecule has 1 unspecified atom stereocenters. The Kier molecular flexibility index (Phi) is 3.46. The first-order valence-corrected chi connectivity index (χ1v) is 10.6. The summed E-state index contributed by atoms with van der Waals surface area (Å²) in [6, 6.07) is 8.28. The maximum Gasteiger partial charge on any atom is 0.317 e. The van der Waals surface area contributed by atoms with Crippen LogP contribution < -0.4 is 5.32 Å². The van der Waals surface area contributed by atoms with E-state index in [0.717, 1.165) is 24.2 Å². The molecule has 1 N–H and O–H groups in total. The quantitative estimate of drug-likeness (QED) is 0.605. The van der Waals surface area contributed by atoms with Crippen molar-refractivity contribution in [2.45, 2.75) is 50.1 Å². The first-order valence-electron chi connectivity index (χ1n) is 10.6. The van der Waals surface area contributed by atoms with Gasteiger partial charge in [-0.25, -0.2) is 0 Å². The summed E-state index contributed by atoms with van der Waals surface area (Å²) in [6.07, 6.45) is 3.45. The van der Waals surface area contributed by atoms with Gasteiger partial charge in [-0.1, -0.05) is 29.8 Å². The molecule has 4 fully saturated rings. The van der Waals surface area contributed by atoms with Crippen LogP contribution >= 0.6 is 0 Å². The van der Waals surface area contributed by atoms with Gasteiger partial charge in [0.1, 0.15) is 18.2 Å². The van der Waals surface area contributed by atoms with Crippen LogP contribution in [0.25, 0.3) is 0 Å². The highest BCUT2D eigenvalue weighted by Gasteiger charge is 2.87. The maximum atomic E-state index is 13.8. The lowest BCUT2D eigenvalue weighted by molar-refractivity contribution is -0.196. The number of nitrogens with one attached hydrogen (secondary N) is 1. The zero-order valence-electron chi connectivity index (χ0n) is 17.4. The molecule has 5 aliphatic rings. The van der Waals surface area contributed by atoms with Crippen LogP contribution in [0.3, 0.4) is 0 Å². The minimum atomic E-state index is -1.06. The van der Waals surface area contributed by atoms with Crippen LogP contribution in [0.2, 0.25) is 0 Å². The van der Waals surface area contributed by atoms with Crippen molar-refractivity contribution in [1.82, 2.24) is 4.90 Å². The van der Waals surface area contributed by atoms with E-state index in [1.54, 1.807) is 0 Å². The van der Waals surface area contributed by atoms with Crippen LogP contribution in [0.5, 0.6) is 0 Å². The molecule has 3 saturated heterocycles. The van der Waals surface area contributed by atoms with Crippen molar-refractivity contribution >= 4 is 17.6 Å². The number of anilines is 1. The Hall–Kier alpha value is -2.38. The van der Waals surface area contributed by atoms with Crippen molar-refractivity contribution in [3.05, 3.63) is 41.5 Å². The summed E-state index contributed by atoms with van der Waals surface area (Å²) in [5.74, 6) is -0.804. The van der Waals surface area contributed by atoms with Crippen molar-refractivity contribution in [2.75, 3.05) is 25.6 Å². The van der Waals surface area contributed by atoms with E-state index in [-0.39, 0.29) is 30.8 Å². The van der Waals surface area contributed by atoms with E-state index in [4.69, 9.17) is 14.2 Å². The molecule has 0 radical (unpaired) electrons. The van der Waals surface area contributed by atoms with E-state index in [1.807, 2.05) is 25.1 Å². The second-order valence-corrected chi connectivity index (χ2v) is 9.17. The van der Waals surface area contributed by atoms with Gasteiger partial charge in [0.25, 0.3) is 0 Å². The number of allylic oxidation sites excluding steroid dienone is 1. The van der Waals surface area contributed by atoms with Crippen molar-refractivity contribution in [3.8, 4) is 0 Å². The summed E-state index contributed by atoms with van der Waals surface area (Å²) in [5.41, 5.74) is 0.775. The lowest BCUT2D eigenvalue weighted by Crippen LogP contribution is -2.78. The van der Waals surface area contributed by atoms with Crippen molar-refractivity contribution < 1.29 is 23.8 Å². The summed E-state index contributed by atoms with van der Waals surface area (Å²) in [6.45, 7) is 4.15. The fraction of sp³-hybridized carbons (Fsp3) is 0.565. The monoisotopic (exact) mass is 410 g/mol. The van der Waals surface area contributed by atoms with Gasteiger partial charge in [0, 0.05) is 31.5 Å². The molecule has 30 heavy (non-hydrogen) atoms. The number of hydrogen-bond donors (Lipinski definition) is 1. The highest BCUT2D eigenvalue weighted by molar-refractivity contribution is 5.86. The fourth-order valence-electron chi connectivity index (χ4n) is 7.51. The number of esters is 2. The van der Waals surface area contributed by atoms with E-state index < -0.39 is 22.5 Å².